The van der Waals surface area contributed by atoms with Crippen molar-refractivity contribution in [1.29, 1.82) is 0 Å². The van der Waals surface area contributed by atoms with Crippen LogP contribution in [-0.2, 0) is 9.53 Å². The molecule has 0 N–H and O–H groups in total. The van der Waals surface area contributed by atoms with Gasteiger partial charge in [0.2, 0.25) is 0 Å². The highest BCUT2D eigenvalue weighted by molar-refractivity contribution is 8.01. The number of ether oxygens (including phenoxy) is 1. The lowest BCUT2D eigenvalue weighted by molar-refractivity contribution is -0.145. The molecule has 1 unspecified atom stereocenters. The number of rotatable bonds is 2. The zero-order valence-electron chi connectivity index (χ0n) is 8.42. The Morgan fingerprint density at radius 1 is 1.77 bits per heavy atom. The van der Waals surface area contributed by atoms with Gasteiger partial charge in [-0.3, -0.25) is 4.79 Å². The smallest absolute Gasteiger partial charge is 0.322 e. The lowest BCUT2D eigenvalue weighted by Crippen LogP contribution is -2.35. The van der Waals surface area contributed by atoms with E-state index >= 15 is 0 Å². The maximum Gasteiger partial charge on any atom is 0.322 e. The first-order valence-corrected chi connectivity index (χ1v) is 5.54. The molecule has 1 rings (SSSR count). The van der Waals surface area contributed by atoms with E-state index in [9.17, 15) is 4.79 Å². The van der Waals surface area contributed by atoms with Crippen LogP contribution in [0, 0.1) is 0 Å². The van der Waals surface area contributed by atoms with Gasteiger partial charge >= 0.3 is 5.97 Å². The number of carbonyl (C=O) groups is 1. The van der Waals surface area contributed by atoms with Crippen molar-refractivity contribution in [2.24, 2.45) is 0 Å². The van der Waals surface area contributed by atoms with E-state index in [0.717, 1.165) is 12.2 Å². The van der Waals surface area contributed by atoms with Crippen molar-refractivity contribution in [3.05, 3.63) is 11.6 Å². The first kappa shape index (κ1) is 10.6. The Balaban J connectivity index is 2.66. The summed E-state index contributed by atoms with van der Waals surface area (Å²) in [7, 11) is 0. The van der Waals surface area contributed by atoms with Gasteiger partial charge in [-0.25, -0.2) is 0 Å². The van der Waals surface area contributed by atoms with Crippen LogP contribution in [0.3, 0.4) is 0 Å². The van der Waals surface area contributed by atoms with Gasteiger partial charge < -0.3 is 4.74 Å². The van der Waals surface area contributed by atoms with Gasteiger partial charge in [0.05, 0.1) is 6.61 Å². The second-order valence-corrected chi connectivity index (χ2v) is 5.01. The molecule has 1 aliphatic heterocycles. The Bertz CT molecular complexity index is 235. The van der Waals surface area contributed by atoms with Crippen molar-refractivity contribution in [2.45, 2.75) is 31.9 Å². The number of hydrogen-bond donors (Lipinski definition) is 0. The molecular formula is C10H16O2S. The van der Waals surface area contributed by atoms with Gasteiger partial charge in [0.25, 0.3) is 0 Å². The summed E-state index contributed by atoms with van der Waals surface area (Å²) in [5.74, 6) is 0.841. The van der Waals surface area contributed by atoms with Crippen molar-refractivity contribution >= 4 is 17.7 Å². The van der Waals surface area contributed by atoms with Crippen LogP contribution >= 0.6 is 11.8 Å². The predicted octanol–water partition coefficient (Wildman–Crippen LogP) is 2.39. The lowest BCUT2D eigenvalue weighted by Gasteiger charge is -2.29. The molecule has 13 heavy (non-hydrogen) atoms. The summed E-state index contributed by atoms with van der Waals surface area (Å²) in [5.41, 5.74) is 1.29. The van der Waals surface area contributed by atoms with Crippen LogP contribution in [0.4, 0.5) is 0 Å². The Hall–Kier alpha value is -0.440. The fraction of sp³-hybridized carbons (Fsp3) is 0.700. The third kappa shape index (κ3) is 2.50. The van der Waals surface area contributed by atoms with E-state index in [1.165, 1.54) is 5.57 Å². The van der Waals surface area contributed by atoms with Crippen LogP contribution < -0.4 is 0 Å². The van der Waals surface area contributed by atoms with Crippen molar-refractivity contribution in [1.82, 2.24) is 0 Å². The maximum absolute atomic E-state index is 11.6. The van der Waals surface area contributed by atoms with Gasteiger partial charge in [-0.05, 0) is 27.2 Å². The molecule has 1 aliphatic rings. The standard InChI is InChI=1S/C10H16O2S/c1-4-12-9(11)10(3)7-8(2)5-6-13-10/h5H,4,6-7H2,1-3H3. The highest BCUT2D eigenvalue weighted by atomic mass is 32.2. The predicted molar refractivity (Wildman–Crippen MR) is 55.9 cm³/mol. The van der Waals surface area contributed by atoms with E-state index in [1.807, 2.05) is 13.8 Å². The first-order valence-electron chi connectivity index (χ1n) is 4.55. The minimum absolute atomic E-state index is 0.0764. The van der Waals surface area contributed by atoms with Crippen molar-refractivity contribution < 1.29 is 9.53 Å². The van der Waals surface area contributed by atoms with Crippen LogP contribution in [0.25, 0.3) is 0 Å². The lowest BCUT2D eigenvalue weighted by atomic mass is 10.0. The SMILES string of the molecule is CCOC(=O)C1(C)CC(C)=CCS1. The van der Waals surface area contributed by atoms with Gasteiger partial charge in [0, 0.05) is 5.75 Å². The van der Waals surface area contributed by atoms with Crippen LogP contribution in [0.1, 0.15) is 27.2 Å². The molecule has 0 radical (unpaired) electrons. The number of hydrogen-bond acceptors (Lipinski definition) is 3. The van der Waals surface area contributed by atoms with Gasteiger partial charge in [-0.15, -0.1) is 11.8 Å². The van der Waals surface area contributed by atoms with Crippen molar-refractivity contribution in [3.63, 3.8) is 0 Å². The fourth-order valence-electron chi connectivity index (χ4n) is 1.44. The van der Waals surface area contributed by atoms with Gasteiger partial charge in [0.1, 0.15) is 4.75 Å². The Kier molecular flexibility index (Phi) is 3.42. The summed E-state index contributed by atoms with van der Waals surface area (Å²) in [5, 5.41) is 0. The van der Waals surface area contributed by atoms with E-state index in [1.54, 1.807) is 11.8 Å². The Labute approximate surface area is 83.7 Å². The molecule has 0 fully saturated rings. The third-order valence-electron chi connectivity index (χ3n) is 2.16. The summed E-state index contributed by atoms with van der Waals surface area (Å²) in [6, 6.07) is 0. The minimum Gasteiger partial charge on any atom is -0.465 e. The number of carbonyl (C=O) groups excluding carboxylic acids is 1. The molecule has 1 atom stereocenters. The summed E-state index contributed by atoms with van der Waals surface area (Å²) < 4.78 is 4.69. The van der Waals surface area contributed by atoms with Crippen LogP contribution in [0.15, 0.2) is 11.6 Å². The average molecular weight is 200 g/mol. The fourth-order valence-corrected chi connectivity index (χ4v) is 2.68. The average Bonchev–Trinajstić information content (AvgIpc) is 2.04. The van der Waals surface area contributed by atoms with E-state index < -0.39 is 0 Å². The van der Waals surface area contributed by atoms with Crippen LogP contribution in [0.5, 0.6) is 0 Å². The molecule has 0 aliphatic carbocycles. The Morgan fingerprint density at radius 2 is 2.46 bits per heavy atom. The largest absolute Gasteiger partial charge is 0.465 e. The number of allylic oxidation sites excluding steroid dienone is 1. The maximum atomic E-state index is 11.6. The monoisotopic (exact) mass is 200 g/mol. The van der Waals surface area contributed by atoms with Crippen LogP contribution in [0.2, 0.25) is 0 Å². The van der Waals surface area contributed by atoms with E-state index in [2.05, 4.69) is 13.0 Å². The van der Waals surface area contributed by atoms with Gasteiger partial charge in [-0.1, -0.05) is 11.6 Å². The molecule has 0 aromatic carbocycles. The highest BCUT2D eigenvalue weighted by Gasteiger charge is 2.36. The van der Waals surface area contributed by atoms with Gasteiger partial charge in [-0.2, -0.15) is 0 Å². The molecule has 74 valence electrons. The first-order chi connectivity index (χ1) is 6.08. The third-order valence-corrected chi connectivity index (χ3v) is 3.44. The van der Waals surface area contributed by atoms with E-state index in [4.69, 9.17) is 4.74 Å². The molecule has 0 saturated heterocycles. The molecule has 3 heteroatoms. The normalized spacial score (nSPS) is 28.1. The summed E-state index contributed by atoms with van der Waals surface area (Å²) in [6.07, 6.45) is 2.99. The molecular weight excluding hydrogens is 184 g/mol. The molecule has 0 aromatic heterocycles. The van der Waals surface area contributed by atoms with Crippen molar-refractivity contribution in [2.75, 3.05) is 12.4 Å². The van der Waals surface area contributed by atoms with E-state index in [0.29, 0.717) is 6.61 Å². The van der Waals surface area contributed by atoms with Gasteiger partial charge in [0.15, 0.2) is 0 Å². The second-order valence-electron chi connectivity index (χ2n) is 3.49. The van der Waals surface area contributed by atoms with Crippen LogP contribution in [-0.4, -0.2) is 23.1 Å². The minimum atomic E-state index is -0.352. The van der Waals surface area contributed by atoms with E-state index in [-0.39, 0.29) is 10.7 Å². The summed E-state index contributed by atoms with van der Waals surface area (Å²) in [4.78, 5) is 11.6. The zero-order chi connectivity index (χ0) is 9.90. The number of esters is 1. The highest BCUT2D eigenvalue weighted by Crippen LogP contribution is 2.36. The molecule has 0 aromatic rings. The topological polar surface area (TPSA) is 26.3 Å². The molecule has 0 saturated carbocycles. The number of thioether (sulfide) groups is 1. The summed E-state index contributed by atoms with van der Waals surface area (Å²) >= 11 is 1.67. The molecule has 0 amide bonds. The molecule has 1 heterocycles. The van der Waals surface area contributed by atoms with Crippen molar-refractivity contribution in [3.8, 4) is 0 Å². The zero-order valence-corrected chi connectivity index (χ0v) is 9.24. The second kappa shape index (κ2) is 4.18. The quantitative estimate of drug-likeness (QED) is 0.506. The summed E-state index contributed by atoms with van der Waals surface area (Å²) in [6.45, 7) is 6.35. The molecule has 2 nitrogen and oxygen atoms in total. The molecule has 0 spiro atoms. The molecule has 0 bridgehead atoms. The Morgan fingerprint density at radius 3 is 3.00 bits per heavy atom.